The van der Waals surface area contributed by atoms with Gasteiger partial charge in [0.05, 0.1) is 0 Å². The van der Waals surface area contributed by atoms with Crippen LogP contribution in [-0.2, 0) is 6.42 Å². The van der Waals surface area contributed by atoms with E-state index in [0.717, 1.165) is 72.6 Å². The Hall–Kier alpha value is -8.41. The first-order valence-electron chi connectivity index (χ1n) is 22.7. The Bertz CT molecular complexity index is 3820. The zero-order valence-electron chi connectivity index (χ0n) is 36.1. The van der Waals surface area contributed by atoms with Crippen molar-refractivity contribution in [1.29, 1.82) is 0 Å². The summed E-state index contributed by atoms with van der Waals surface area (Å²) >= 11 is 0. The minimum atomic E-state index is 0.268. The number of furan rings is 2. The summed E-state index contributed by atoms with van der Waals surface area (Å²) in [6, 6.07) is 73.0. The van der Waals surface area contributed by atoms with Crippen molar-refractivity contribution in [2.45, 2.75) is 25.2 Å². The molecule has 0 saturated carbocycles. The molecule has 9 aromatic carbocycles. The van der Waals surface area contributed by atoms with Crippen LogP contribution in [0.2, 0.25) is 0 Å². The van der Waals surface area contributed by atoms with E-state index in [1.807, 2.05) is 72.8 Å². The molecule has 2 unspecified atom stereocenters. The van der Waals surface area contributed by atoms with Gasteiger partial charge in [0, 0.05) is 38.2 Å². The number of fused-ring (bicyclic) bond motifs is 9. The number of para-hydroxylation sites is 1. The molecule has 66 heavy (non-hydrogen) atoms. The predicted octanol–water partition coefficient (Wildman–Crippen LogP) is 16.1. The van der Waals surface area contributed by atoms with Gasteiger partial charge in [-0.15, -0.1) is 0 Å². The van der Waals surface area contributed by atoms with Gasteiger partial charge in [-0.1, -0.05) is 165 Å². The van der Waals surface area contributed by atoms with Crippen molar-refractivity contribution < 1.29 is 8.83 Å². The Morgan fingerprint density at radius 1 is 0.379 bits per heavy atom. The van der Waals surface area contributed by atoms with Gasteiger partial charge in [0.15, 0.2) is 17.5 Å². The predicted molar refractivity (Wildman–Crippen MR) is 268 cm³/mol. The van der Waals surface area contributed by atoms with Crippen LogP contribution in [0.25, 0.3) is 111 Å². The molecular weight excluding hydrogens is 807 g/mol. The third-order valence-electron chi connectivity index (χ3n) is 13.7. The molecule has 3 aromatic heterocycles. The lowest BCUT2D eigenvalue weighted by Crippen LogP contribution is -2.10. The summed E-state index contributed by atoms with van der Waals surface area (Å²) < 4.78 is 12.8. The maximum atomic E-state index is 6.61. The van der Waals surface area contributed by atoms with Crippen molar-refractivity contribution in [1.82, 2.24) is 15.0 Å². The maximum Gasteiger partial charge on any atom is 0.164 e. The average Bonchev–Trinajstić information content (AvgIpc) is 3.93. The SMILES string of the molecule is CC1c2cc(-c3ccc4oc5cccc(-c6nc(-c7ccccc7)nc(-c7ccc8oc9ccccc9c8c7)n6)c5c4c3)ccc2-c2cc(-c3ccccc3)ccc2CC1c1ccccc1. The van der Waals surface area contributed by atoms with Gasteiger partial charge in [0.1, 0.15) is 22.3 Å². The topological polar surface area (TPSA) is 65.0 Å². The summed E-state index contributed by atoms with van der Waals surface area (Å²) in [5, 5.41) is 4.05. The van der Waals surface area contributed by atoms with Crippen molar-refractivity contribution in [3.63, 3.8) is 0 Å². The highest BCUT2D eigenvalue weighted by molar-refractivity contribution is 6.13. The fraction of sp³-hybridized carbons (Fsp3) is 0.0656. The minimum absolute atomic E-state index is 0.268. The van der Waals surface area contributed by atoms with Crippen LogP contribution in [0.1, 0.15) is 35.4 Å². The quantitative estimate of drug-likeness (QED) is 0.167. The van der Waals surface area contributed by atoms with Crippen molar-refractivity contribution >= 4 is 43.9 Å². The van der Waals surface area contributed by atoms with E-state index < -0.39 is 0 Å². The van der Waals surface area contributed by atoms with Crippen molar-refractivity contribution in [3.8, 4) is 67.5 Å². The Balaban J connectivity index is 0.962. The molecule has 5 heteroatoms. The lowest BCUT2D eigenvalue weighted by molar-refractivity contribution is 0.579. The molecule has 312 valence electrons. The van der Waals surface area contributed by atoms with Crippen LogP contribution in [0.5, 0.6) is 0 Å². The second kappa shape index (κ2) is 15.4. The number of rotatable bonds is 6. The van der Waals surface area contributed by atoms with Gasteiger partial charge in [-0.3, -0.25) is 0 Å². The molecule has 12 aromatic rings. The molecule has 13 rings (SSSR count). The molecule has 0 aliphatic heterocycles. The van der Waals surface area contributed by atoms with E-state index >= 15 is 0 Å². The smallest absolute Gasteiger partial charge is 0.164 e. The molecule has 0 saturated heterocycles. The van der Waals surface area contributed by atoms with E-state index in [4.69, 9.17) is 23.8 Å². The second-order valence-electron chi connectivity index (χ2n) is 17.5. The standard InChI is InChI=1S/C61H41N3O2/c1-37-49(39-16-7-3-8-17-39)35-44-25-24-41(38-14-5-2-6-15-38)33-51(44)46-29-26-42(32-50(37)46)43-27-30-56-53(34-43)58-48(21-13-23-57(58)66-56)61-63-59(40-18-9-4-10-19-40)62-60(64-61)45-28-31-55-52(36-45)47-20-11-12-22-54(47)65-55/h2-34,36-37,49H,35H2,1H3. The van der Waals surface area contributed by atoms with Crippen LogP contribution in [0.4, 0.5) is 0 Å². The molecule has 2 atom stereocenters. The van der Waals surface area contributed by atoms with E-state index in [2.05, 4.69) is 140 Å². The Kier molecular flexibility index (Phi) is 8.88. The summed E-state index contributed by atoms with van der Waals surface area (Å²) in [6.07, 6.45) is 0.967. The van der Waals surface area contributed by atoms with Gasteiger partial charge in [-0.05, 0) is 117 Å². The Labute approximate surface area is 381 Å². The molecule has 0 N–H and O–H groups in total. The summed E-state index contributed by atoms with van der Waals surface area (Å²) in [5.41, 5.74) is 17.4. The largest absolute Gasteiger partial charge is 0.456 e. The monoisotopic (exact) mass is 847 g/mol. The molecule has 5 nitrogen and oxygen atoms in total. The molecule has 0 radical (unpaired) electrons. The molecule has 0 fully saturated rings. The van der Waals surface area contributed by atoms with E-state index in [1.165, 1.54) is 44.5 Å². The van der Waals surface area contributed by atoms with Crippen LogP contribution in [-0.4, -0.2) is 15.0 Å². The van der Waals surface area contributed by atoms with Gasteiger partial charge in [-0.2, -0.15) is 0 Å². The Morgan fingerprint density at radius 3 is 1.77 bits per heavy atom. The van der Waals surface area contributed by atoms with Crippen LogP contribution in [0.3, 0.4) is 0 Å². The van der Waals surface area contributed by atoms with Gasteiger partial charge in [-0.25, -0.2) is 15.0 Å². The number of hydrogen-bond acceptors (Lipinski definition) is 5. The van der Waals surface area contributed by atoms with E-state index in [-0.39, 0.29) is 5.92 Å². The van der Waals surface area contributed by atoms with Crippen LogP contribution in [0.15, 0.2) is 215 Å². The third kappa shape index (κ3) is 6.42. The van der Waals surface area contributed by atoms with Crippen molar-refractivity contribution in [3.05, 3.63) is 223 Å². The van der Waals surface area contributed by atoms with Gasteiger partial charge < -0.3 is 8.83 Å². The highest BCUT2D eigenvalue weighted by atomic mass is 16.3. The van der Waals surface area contributed by atoms with Crippen LogP contribution >= 0.6 is 0 Å². The molecule has 0 amide bonds. The second-order valence-corrected chi connectivity index (χ2v) is 17.5. The molecule has 0 bridgehead atoms. The highest BCUT2D eigenvalue weighted by Gasteiger charge is 2.30. The van der Waals surface area contributed by atoms with E-state index in [1.54, 1.807) is 0 Å². The summed E-state index contributed by atoms with van der Waals surface area (Å²) in [4.78, 5) is 15.5. The molecule has 1 aliphatic rings. The van der Waals surface area contributed by atoms with Gasteiger partial charge >= 0.3 is 0 Å². The lowest BCUT2D eigenvalue weighted by Gasteiger charge is -2.24. The van der Waals surface area contributed by atoms with E-state index in [0.29, 0.717) is 23.4 Å². The summed E-state index contributed by atoms with van der Waals surface area (Å²) in [6.45, 7) is 2.41. The Morgan fingerprint density at radius 2 is 0.955 bits per heavy atom. The van der Waals surface area contributed by atoms with Gasteiger partial charge in [0.2, 0.25) is 0 Å². The van der Waals surface area contributed by atoms with Crippen LogP contribution < -0.4 is 0 Å². The van der Waals surface area contributed by atoms with E-state index in [9.17, 15) is 0 Å². The molecular formula is C61H41N3O2. The molecule has 0 spiro atoms. The maximum absolute atomic E-state index is 6.61. The lowest BCUT2D eigenvalue weighted by atomic mass is 9.79. The fourth-order valence-corrected chi connectivity index (χ4v) is 10.3. The highest BCUT2D eigenvalue weighted by Crippen LogP contribution is 2.48. The van der Waals surface area contributed by atoms with Gasteiger partial charge in [0.25, 0.3) is 0 Å². The summed E-state index contributed by atoms with van der Waals surface area (Å²) in [5.74, 6) is 2.35. The average molecular weight is 848 g/mol. The van der Waals surface area contributed by atoms with Crippen molar-refractivity contribution in [2.75, 3.05) is 0 Å². The molecule has 1 aliphatic carbocycles. The first kappa shape index (κ1) is 38.1. The zero-order valence-corrected chi connectivity index (χ0v) is 36.1. The zero-order chi connectivity index (χ0) is 43.7. The first-order valence-corrected chi connectivity index (χ1v) is 22.7. The first-order chi connectivity index (χ1) is 32.6. The minimum Gasteiger partial charge on any atom is -0.456 e. The molecule has 3 heterocycles. The number of benzene rings is 9. The number of aromatic nitrogens is 3. The third-order valence-corrected chi connectivity index (χ3v) is 13.7. The normalized spacial score (nSPS) is 14.7. The fourth-order valence-electron chi connectivity index (χ4n) is 10.3. The summed E-state index contributed by atoms with van der Waals surface area (Å²) in [7, 11) is 0. The van der Waals surface area contributed by atoms with Crippen LogP contribution in [0, 0.1) is 0 Å². The number of hydrogen-bond donors (Lipinski definition) is 0. The van der Waals surface area contributed by atoms with Crippen molar-refractivity contribution in [2.24, 2.45) is 0 Å². The number of nitrogens with zero attached hydrogens (tertiary/aromatic N) is 3.